The molecule has 0 spiro atoms. The van der Waals surface area contributed by atoms with E-state index in [1.165, 1.54) is 24.3 Å². The first-order valence-corrected chi connectivity index (χ1v) is 6.67. The third-order valence-electron chi connectivity index (χ3n) is 2.81. The molecule has 25 heavy (non-hydrogen) atoms. The molecule has 0 aromatic heterocycles. The van der Waals surface area contributed by atoms with Gasteiger partial charge >= 0.3 is 0 Å². The Morgan fingerprint density at radius 2 is 0.960 bits per heavy atom. The highest BCUT2D eigenvalue weighted by Crippen LogP contribution is 2.26. The lowest BCUT2D eigenvalue weighted by Gasteiger charge is -1.99. The molecule has 8 heteroatoms. The first kappa shape index (κ1) is 19.0. The molecule has 0 aliphatic heterocycles. The standard InChI is InChI=1S/C9H6N2O2.C8H4N2O2/c1-7-8(10-5-12)3-2-4-9(7)11-6-13;11-5-9-7-1-2-8(4-3-7)10-6-12/h2-4H,1H3;1-4H. The van der Waals surface area contributed by atoms with Crippen molar-refractivity contribution in [3.05, 3.63) is 48.0 Å². The van der Waals surface area contributed by atoms with Crippen LogP contribution in [0.5, 0.6) is 0 Å². The second kappa shape index (κ2) is 10.6. The molecule has 0 bridgehead atoms. The minimum atomic E-state index is 0.464. The van der Waals surface area contributed by atoms with Crippen LogP contribution in [-0.4, -0.2) is 24.3 Å². The molecule has 0 unspecified atom stereocenters. The largest absolute Gasteiger partial charge is 0.240 e. The van der Waals surface area contributed by atoms with Gasteiger partial charge in [0.2, 0.25) is 24.3 Å². The van der Waals surface area contributed by atoms with E-state index in [2.05, 4.69) is 20.0 Å². The Morgan fingerprint density at radius 3 is 1.28 bits per heavy atom. The van der Waals surface area contributed by atoms with Crippen molar-refractivity contribution in [2.75, 3.05) is 0 Å². The van der Waals surface area contributed by atoms with Gasteiger partial charge in [-0.25, -0.2) is 19.2 Å². The van der Waals surface area contributed by atoms with Crippen molar-refractivity contribution in [2.45, 2.75) is 6.92 Å². The van der Waals surface area contributed by atoms with Gasteiger partial charge in [-0.05, 0) is 43.3 Å². The molecule has 0 N–H and O–H groups in total. The molecule has 0 saturated heterocycles. The zero-order valence-electron chi connectivity index (χ0n) is 13.0. The van der Waals surface area contributed by atoms with Gasteiger partial charge in [0.05, 0.1) is 22.7 Å². The zero-order chi connectivity index (χ0) is 18.5. The maximum absolute atomic E-state index is 10.00. The van der Waals surface area contributed by atoms with Crippen LogP contribution in [0, 0.1) is 6.92 Å². The molecule has 0 heterocycles. The summed E-state index contributed by atoms with van der Waals surface area (Å²) >= 11 is 0. The molecule has 0 amide bonds. The predicted molar refractivity (Wildman–Crippen MR) is 88.7 cm³/mol. The van der Waals surface area contributed by atoms with Gasteiger partial charge in [0.25, 0.3) is 0 Å². The number of hydrogen-bond donors (Lipinski definition) is 0. The monoisotopic (exact) mass is 334 g/mol. The molecule has 8 nitrogen and oxygen atoms in total. The SMILES string of the molecule is Cc1c(N=C=O)cccc1N=C=O.O=C=Nc1ccc(N=C=O)cc1. The molecular weight excluding hydrogens is 324 g/mol. The Labute approximate surface area is 142 Å². The lowest BCUT2D eigenvalue weighted by atomic mass is 10.1. The van der Waals surface area contributed by atoms with Gasteiger partial charge in [-0.15, -0.1) is 0 Å². The minimum Gasteiger partial charge on any atom is -0.211 e. The van der Waals surface area contributed by atoms with Crippen LogP contribution in [0.3, 0.4) is 0 Å². The van der Waals surface area contributed by atoms with Crippen LogP contribution in [-0.2, 0) is 19.2 Å². The third kappa shape index (κ3) is 6.30. The van der Waals surface area contributed by atoms with Gasteiger partial charge in [0, 0.05) is 5.56 Å². The van der Waals surface area contributed by atoms with Crippen molar-refractivity contribution in [1.82, 2.24) is 0 Å². The fraction of sp³-hybridized carbons (Fsp3) is 0.0588. The summed E-state index contributed by atoms with van der Waals surface area (Å²) in [5.41, 5.74) is 2.55. The van der Waals surface area contributed by atoms with Crippen LogP contribution >= 0.6 is 0 Å². The molecule has 0 aliphatic carbocycles. The summed E-state index contributed by atoms with van der Waals surface area (Å²) in [5.74, 6) is 0. The second-order valence-electron chi connectivity index (χ2n) is 4.25. The molecule has 0 atom stereocenters. The molecule has 2 rings (SSSR count). The Balaban J connectivity index is 0.000000251. The topological polar surface area (TPSA) is 118 Å². The van der Waals surface area contributed by atoms with E-state index >= 15 is 0 Å². The van der Waals surface area contributed by atoms with Gasteiger partial charge in [-0.2, -0.15) is 20.0 Å². The number of carbonyl (C=O) groups excluding carboxylic acids is 4. The summed E-state index contributed by atoms with van der Waals surface area (Å²) in [6.45, 7) is 1.71. The Bertz CT molecular complexity index is 854. The van der Waals surface area contributed by atoms with Gasteiger partial charge in [0.1, 0.15) is 0 Å². The van der Waals surface area contributed by atoms with E-state index in [9.17, 15) is 19.2 Å². The van der Waals surface area contributed by atoms with E-state index in [1.807, 2.05) is 0 Å². The van der Waals surface area contributed by atoms with E-state index in [4.69, 9.17) is 0 Å². The Kier molecular flexibility index (Phi) is 8.10. The second-order valence-corrected chi connectivity index (χ2v) is 4.25. The molecule has 122 valence electrons. The fourth-order valence-electron chi connectivity index (χ4n) is 1.66. The average Bonchev–Trinajstić information content (AvgIpc) is 2.62. The van der Waals surface area contributed by atoms with Crippen LogP contribution in [0.2, 0.25) is 0 Å². The number of hydrogen-bond acceptors (Lipinski definition) is 8. The molecule has 2 aromatic carbocycles. The summed E-state index contributed by atoms with van der Waals surface area (Å²) in [6, 6.07) is 11.2. The van der Waals surface area contributed by atoms with E-state index in [0.717, 1.165) is 0 Å². The average molecular weight is 334 g/mol. The molecule has 0 saturated carbocycles. The number of isocyanates is 4. The molecule has 0 fully saturated rings. The summed E-state index contributed by atoms with van der Waals surface area (Å²) in [7, 11) is 0. The highest BCUT2D eigenvalue weighted by molar-refractivity contribution is 5.64. The smallest absolute Gasteiger partial charge is 0.211 e. The third-order valence-corrected chi connectivity index (χ3v) is 2.81. The normalized spacial score (nSPS) is 8.20. The summed E-state index contributed by atoms with van der Waals surface area (Å²) in [6.07, 6.45) is 5.66. The molecular formula is C17H10N4O4. The highest BCUT2D eigenvalue weighted by Gasteiger charge is 2.00. The van der Waals surface area contributed by atoms with E-state index in [1.54, 1.807) is 49.4 Å². The highest BCUT2D eigenvalue weighted by atomic mass is 16.1. The Hall–Kier alpha value is -4.04. The molecule has 0 aliphatic rings. The summed E-state index contributed by atoms with van der Waals surface area (Å²) in [5, 5.41) is 0. The van der Waals surface area contributed by atoms with Crippen molar-refractivity contribution in [3.8, 4) is 0 Å². The first-order valence-electron chi connectivity index (χ1n) is 6.67. The van der Waals surface area contributed by atoms with Crippen LogP contribution in [0.1, 0.15) is 5.56 Å². The molecule has 2 aromatic rings. The zero-order valence-corrected chi connectivity index (χ0v) is 13.0. The van der Waals surface area contributed by atoms with Crippen molar-refractivity contribution in [2.24, 2.45) is 20.0 Å². The van der Waals surface area contributed by atoms with Crippen molar-refractivity contribution in [3.63, 3.8) is 0 Å². The van der Waals surface area contributed by atoms with Crippen molar-refractivity contribution in [1.29, 1.82) is 0 Å². The van der Waals surface area contributed by atoms with Crippen LogP contribution < -0.4 is 0 Å². The van der Waals surface area contributed by atoms with Crippen LogP contribution in [0.25, 0.3) is 0 Å². The first-order chi connectivity index (χ1) is 12.2. The van der Waals surface area contributed by atoms with Crippen molar-refractivity contribution >= 4 is 47.1 Å². The van der Waals surface area contributed by atoms with Gasteiger partial charge < -0.3 is 0 Å². The van der Waals surface area contributed by atoms with E-state index in [0.29, 0.717) is 28.3 Å². The van der Waals surface area contributed by atoms with E-state index in [-0.39, 0.29) is 0 Å². The number of nitrogens with zero attached hydrogens (tertiary/aromatic N) is 4. The van der Waals surface area contributed by atoms with Crippen LogP contribution in [0.4, 0.5) is 22.7 Å². The van der Waals surface area contributed by atoms with Gasteiger partial charge in [0.15, 0.2) is 0 Å². The maximum Gasteiger partial charge on any atom is 0.240 e. The lowest BCUT2D eigenvalue weighted by Crippen LogP contribution is -1.75. The van der Waals surface area contributed by atoms with Crippen molar-refractivity contribution < 1.29 is 19.2 Å². The maximum atomic E-state index is 10.00. The van der Waals surface area contributed by atoms with Crippen LogP contribution in [0.15, 0.2) is 62.4 Å². The lowest BCUT2D eigenvalue weighted by molar-refractivity contribution is 0.564. The number of rotatable bonds is 4. The van der Waals surface area contributed by atoms with Gasteiger partial charge in [-0.3, -0.25) is 0 Å². The number of aliphatic imine (C=N–C) groups is 4. The van der Waals surface area contributed by atoms with E-state index < -0.39 is 0 Å². The summed E-state index contributed by atoms with van der Waals surface area (Å²) < 4.78 is 0. The fourth-order valence-corrected chi connectivity index (χ4v) is 1.66. The number of benzene rings is 2. The molecule has 0 radical (unpaired) electrons. The predicted octanol–water partition coefficient (Wildman–Crippen LogP) is 3.55. The quantitative estimate of drug-likeness (QED) is 0.627. The summed E-state index contributed by atoms with van der Waals surface area (Å²) in [4.78, 5) is 53.2. The van der Waals surface area contributed by atoms with Gasteiger partial charge in [-0.1, -0.05) is 6.07 Å². The minimum absolute atomic E-state index is 0.464. The Morgan fingerprint density at radius 1 is 0.600 bits per heavy atom.